The molecule has 0 bridgehead atoms. The van der Waals surface area contributed by atoms with Crippen LogP contribution in [0.1, 0.15) is 29.2 Å². The van der Waals surface area contributed by atoms with E-state index in [-0.39, 0.29) is 33.0 Å². The average molecular weight is 407 g/mol. The highest BCUT2D eigenvalue weighted by molar-refractivity contribution is 7.15. The summed E-state index contributed by atoms with van der Waals surface area (Å²) in [7, 11) is 0. The Morgan fingerprint density at radius 2 is 1.85 bits per heavy atom. The van der Waals surface area contributed by atoms with E-state index in [1.165, 1.54) is 12.1 Å². The number of aromatic nitrogens is 2. The Balaban J connectivity index is 2.11. The normalized spacial score (nSPS) is 12.7. The third kappa shape index (κ3) is 4.92. The number of amides is 2. The van der Waals surface area contributed by atoms with Crippen molar-refractivity contribution in [1.29, 1.82) is 0 Å². The number of anilines is 1. The van der Waals surface area contributed by atoms with Gasteiger partial charge in [0.15, 0.2) is 0 Å². The maximum absolute atomic E-state index is 12.5. The second-order valence-corrected chi connectivity index (χ2v) is 6.96. The molecule has 1 aromatic heterocycles. The predicted molar refractivity (Wildman–Crippen MR) is 91.1 cm³/mol. The van der Waals surface area contributed by atoms with Crippen LogP contribution in [-0.4, -0.2) is 28.1 Å². The third-order valence-corrected chi connectivity index (χ3v) is 4.46. The number of nitrogens with zero attached hydrogens (tertiary/aromatic N) is 2. The molecule has 11 heteroatoms. The van der Waals surface area contributed by atoms with E-state index >= 15 is 0 Å². The van der Waals surface area contributed by atoms with E-state index in [0.717, 1.165) is 0 Å². The van der Waals surface area contributed by atoms with Crippen LogP contribution in [0.3, 0.4) is 0 Å². The Labute approximate surface area is 155 Å². The van der Waals surface area contributed by atoms with Crippen LogP contribution in [0.4, 0.5) is 18.3 Å². The van der Waals surface area contributed by atoms with Gasteiger partial charge in [-0.2, -0.15) is 13.2 Å². The van der Waals surface area contributed by atoms with Crippen molar-refractivity contribution in [1.82, 2.24) is 15.5 Å². The maximum atomic E-state index is 12.5. The zero-order chi connectivity index (χ0) is 19.5. The van der Waals surface area contributed by atoms with Crippen molar-refractivity contribution >= 4 is 39.9 Å². The minimum atomic E-state index is -4.64. The third-order valence-electron chi connectivity index (χ3n) is 3.25. The number of nitrogens with one attached hydrogen (secondary N) is 2. The van der Waals surface area contributed by atoms with Crippen molar-refractivity contribution in [2.24, 2.45) is 5.92 Å². The molecule has 2 aromatic rings. The molecule has 2 rings (SSSR count). The lowest BCUT2D eigenvalue weighted by Crippen LogP contribution is -2.47. The molecule has 2 N–H and O–H groups in total. The van der Waals surface area contributed by atoms with E-state index in [2.05, 4.69) is 20.8 Å². The summed E-state index contributed by atoms with van der Waals surface area (Å²) >= 11 is 6.15. The van der Waals surface area contributed by atoms with E-state index in [1.807, 2.05) is 0 Å². The lowest BCUT2D eigenvalue weighted by Gasteiger charge is -2.21. The number of carbonyl (C=O) groups excluding carboxylic acids is 2. The zero-order valence-electron chi connectivity index (χ0n) is 13.6. The van der Waals surface area contributed by atoms with Crippen molar-refractivity contribution in [2.75, 3.05) is 5.32 Å². The highest BCUT2D eigenvalue weighted by Crippen LogP contribution is 2.33. The Hall–Kier alpha value is -2.20. The van der Waals surface area contributed by atoms with E-state index in [1.54, 1.807) is 26.0 Å². The van der Waals surface area contributed by atoms with E-state index in [9.17, 15) is 22.8 Å². The molecule has 1 heterocycles. The summed E-state index contributed by atoms with van der Waals surface area (Å²) in [4.78, 5) is 24.7. The van der Waals surface area contributed by atoms with E-state index < -0.39 is 29.0 Å². The molecule has 1 unspecified atom stereocenters. The first-order chi connectivity index (χ1) is 12.1. The molecule has 26 heavy (non-hydrogen) atoms. The average Bonchev–Trinajstić information content (AvgIpc) is 3.01. The molecule has 0 aliphatic rings. The van der Waals surface area contributed by atoms with Gasteiger partial charge >= 0.3 is 6.18 Å². The van der Waals surface area contributed by atoms with Gasteiger partial charge in [-0.15, -0.1) is 10.2 Å². The van der Waals surface area contributed by atoms with Gasteiger partial charge in [0.25, 0.3) is 5.91 Å². The Bertz CT molecular complexity index is 810. The molecule has 0 saturated carbocycles. The first-order valence-electron chi connectivity index (χ1n) is 7.36. The summed E-state index contributed by atoms with van der Waals surface area (Å²) in [5, 5.41) is 9.80. The molecular formula is C15H14ClF3N4O2S. The van der Waals surface area contributed by atoms with E-state index in [4.69, 9.17) is 11.6 Å². The molecule has 1 atom stereocenters. The first kappa shape index (κ1) is 20.1. The fraction of sp³-hybridized carbons (Fsp3) is 0.333. The summed E-state index contributed by atoms with van der Waals surface area (Å²) < 4.78 is 37.6. The number of halogens is 4. The summed E-state index contributed by atoms with van der Waals surface area (Å²) in [6.07, 6.45) is -4.64. The first-order valence-corrected chi connectivity index (χ1v) is 8.56. The number of alkyl halides is 3. The number of carbonyl (C=O) groups is 2. The lowest BCUT2D eigenvalue weighted by molar-refractivity contribution is -0.138. The van der Waals surface area contributed by atoms with Crippen molar-refractivity contribution in [3.63, 3.8) is 0 Å². The molecule has 0 radical (unpaired) electrons. The van der Waals surface area contributed by atoms with Gasteiger partial charge in [-0.3, -0.25) is 14.9 Å². The largest absolute Gasteiger partial charge is 0.445 e. The van der Waals surface area contributed by atoms with Gasteiger partial charge in [-0.1, -0.05) is 48.9 Å². The smallest absolute Gasteiger partial charge is 0.340 e. The topological polar surface area (TPSA) is 84.0 Å². The predicted octanol–water partition coefficient (Wildman–Crippen LogP) is 3.60. The van der Waals surface area contributed by atoms with Gasteiger partial charge in [0.2, 0.25) is 16.0 Å². The second-order valence-electron chi connectivity index (χ2n) is 5.57. The molecule has 0 spiro atoms. The van der Waals surface area contributed by atoms with Crippen LogP contribution in [0.15, 0.2) is 24.3 Å². The van der Waals surface area contributed by atoms with Crippen LogP contribution in [0.5, 0.6) is 0 Å². The molecular weight excluding hydrogens is 393 g/mol. The van der Waals surface area contributed by atoms with Gasteiger partial charge in [0, 0.05) is 0 Å². The molecule has 0 saturated heterocycles. The molecule has 1 aromatic carbocycles. The van der Waals surface area contributed by atoms with Crippen LogP contribution < -0.4 is 10.6 Å². The van der Waals surface area contributed by atoms with Gasteiger partial charge in [0.1, 0.15) is 6.04 Å². The zero-order valence-corrected chi connectivity index (χ0v) is 15.2. The molecule has 140 valence electrons. The standard InChI is InChI=1S/C15H14ClF3N4O2S/c1-7(2)10(20-11(24)8-5-3-4-6-9(8)16)12(25)21-14-23-22-13(26-14)15(17,18)19/h3-7,10H,1-2H3,(H,20,24)(H,21,23,25). The molecule has 0 fully saturated rings. The van der Waals surface area contributed by atoms with Gasteiger partial charge in [-0.05, 0) is 18.1 Å². The molecule has 0 aliphatic carbocycles. The minimum Gasteiger partial charge on any atom is -0.340 e. The maximum Gasteiger partial charge on any atom is 0.445 e. The monoisotopic (exact) mass is 406 g/mol. The number of benzene rings is 1. The summed E-state index contributed by atoms with van der Waals surface area (Å²) in [6.45, 7) is 3.36. The highest BCUT2D eigenvalue weighted by atomic mass is 35.5. The lowest BCUT2D eigenvalue weighted by atomic mass is 10.0. The quantitative estimate of drug-likeness (QED) is 0.794. The molecule has 2 amide bonds. The minimum absolute atomic E-state index is 0.183. The van der Waals surface area contributed by atoms with Crippen molar-refractivity contribution in [3.8, 4) is 0 Å². The Morgan fingerprint density at radius 1 is 1.19 bits per heavy atom. The van der Waals surface area contributed by atoms with Crippen molar-refractivity contribution in [3.05, 3.63) is 39.9 Å². The summed E-state index contributed by atoms with van der Waals surface area (Å²) in [5.41, 5.74) is 0.183. The summed E-state index contributed by atoms with van der Waals surface area (Å²) in [6, 6.07) is 5.29. The SMILES string of the molecule is CC(C)C(NC(=O)c1ccccc1Cl)C(=O)Nc1nnc(C(F)(F)F)s1. The van der Waals surface area contributed by atoms with E-state index in [0.29, 0.717) is 0 Å². The number of hydrogen-bond donors (Lipinski definition) is 2. The Morgan fingerprint density at radius 3 is 2.38 bits per heavy atom. The molecule has 6 nitrogen and oxygen atoms in total. The van der Waals surface area contributed by atoms with Crippen LogP contribution in [0, 0.1) is 5.92 Å². The van der Waals surface area contributed by atoms with Crippen molar-refractivity contribution < 1.29 is 22.8 Å². The second kappa shape index (κ2) is 8.00. The van der Waals surface area contributed by atoms with Crippen LogP contribution >= 0.6 is 22.9 Å². The van der Waals surface area contributed by atoms with Crippen LogP contribution in [0.25, 0.3) is 0 Å². The van der Waals surface area contributed by atoms with Gasteiger partial charge < -0.3 is 5.32 Å². The Kier molecular flexibility index (Phi) is 6.19. The molecule has 0 aliphatic heterocycles. The number of rotatable bonds is 5. The number of hydrogen-bond acceptors (Lipinski definition) is 5. The van der Waals surface area contributed by atoms with Gasteiger partial charge in [-0.25, -0.2) is 0 Å². The van der Waals surface area contributed by atoms with Crippen molar-refractivity contribution in [2.45, 2.75) is 26.1 Å². The van der Waals surface area contributed by atoms with Crippen LogP contribution in [-0.2, 0) is 11.0 Å². The highest BCUT2D eigenvalue weighted by Gasteiger charge is 2.36. The van der Waals surface area contributed by atoms with Gasteiger partial charge in [0.05, 0.1) is 10.6 Å². The summed E-state index contributed by atoms with van der Waals surface area (Å²) in [5.74, 6) is -1.61. The fourth-order valence-electron chi connectivity index (χ4n) is 1.97. The van der Waals surface area contributed by atoms with Crippen LogP contribution in [0.2, 0.25) is 5.02 Å². The fourth-order valence-corrected chi connectivity index (χ4v) is 2.81.